The van der Waals surface area contributed by atoms with E-state index < -0.39 is 7.12 Å². The van der Waals surface area contributed by atoms with Crippen LogP contribution < -0.4 is 5.46 Å². The second kappa shape index (κ2) is 3.97. The first kappa shape index (κ1) is 10.7. The molecule has 0 atom stereocenters. The molecule has 0 bridgehead atoms. The standard InChI is InChI=1S/C11H10BBrO2/c1-7-6-10(13)8-4-2-3-5-9(8)11(7)12(14)15/h2-6,14-15H,1H3. The van der Waals surface area contributed by atoms with Gasteiger partial charge in [0.05, 0.1) is 0 Å². The van der Waals surface area contributed by atoms with Crippen molar-refractivity contribution in [1.29, 1.82) is 0 Å². The van der Waals surface area contributed by atoms with Crippen LogP contribution in [0.3, 0.4) is 0 Å². The monoisotopic (exact) mass is 264 g/mol. The van der Waals surface area contributed by atoms with Crippen LogP contribution in [0.15, 0.2) is 34.8 Å². The molecule has 15 heavy (non-hydrogen) atoms. The van der Waals surface area contributed by atoms with Gasteiger partial charge in [-0.25, -0.2) is 0 Å². The van der Waals surface area contributed by atoms with Crippen LogP contribution in [0.4, 0.5) is 0 Å². The molecule has 0 aromatic heterocycles. The summed E-state index contributed by atoms with van der Waals surface area (Å²) in [4.78, 5) is 0. The van der Waals surface area contributed by atoms with Gasteiger partial charge in [0.1, 0.15) is 0 Å². The second-order valence-corrected chi connectivity index (χ2v) is 4.36. The zero-order valence-electron chi connectivity index (χ0n) is 8.24. The smallest absolute Gasteiger partial charge is 0.423 e. The third-order valence-corrected chi connectivity index (χ3v) is 3.16. The van der Waals surface area contributed by atoms with E-state index in [0.717, 1.165) is 20.8 Å². The normalized spacial score (nSPS) is 10.7. The highest BCUT2D eigenvalue weighted by Crippen LogP contribution is 2.24. The second-order valence-electron chi connectivity index (χ2n) is 3.51. The maximum absolute atomic E-state index is 9.33. The van der Waals surface area contributed by atoms with E-state index >= 15 is 0 Å². The Balaban J connectivity index is 2.90. The third-order valence-electron chi connectivity index (χ3n) is 2.50. The summed E-state index contributed by atoms with van der Waals surface area (Å²) < 4.78 is 0.972. The quantitative estimate of drug-likeness (QED) is 0.768. The fourth-order valence-electron chi connectivity index (χ4n) is 1.83. The average molecular weight is 265 g/mol. The Morgan fingerprint density at radius 2 is 1.73 bits per heavy atom. The van der Waals surface area contributed by atoms with Gasteiger partial charge in [-0.05, 0) is 34.8 Å². The molecule has 2 aromatic rings. The van der Waals surface area contributed by atoms with E-state index in [0.29, 0.717) is 5.46 Å². The largest absolute Gasteiger partial charge is 0.489 e. The van der Waals surface area contributed by atoms with Crippen molar-refractivity contribution in [1.82, 2.24) is 0 Å². The van der Waals surface area contributed by atoms with Crippen LogP contribution in [0.2, 0.25) is 0 Å². The minimum Gasteiger partial charge on any atom is -0.423 e. The first-order valence-electron chi connectivity index (χ1n) is 4.65. The van der Waals surface area contributed by atoms with E-state index in [1.165, 1.54) is 0 Å². The SMILES string of the molecule is Cc1cc(Br)c2ccccc2c1B(O)O. The van der Waals surface area contributed by atoms with Crippen molar-refractivity contribution < 1.29 is 10.0 Å². The Bertz CT molecular complexity index is 511. The van der Waals surface area contributed by atoms with Gasteiger partial charge >= 0.3 is 7.12 Å². The molecular weight excluding hydrogens is 255 g/mol. The summed E-state index contributed by atoms with van der Waals surface area (Å²) in [6.07, 6.45) is 0. The Morgan fingerprint density at radius 1 is 1.13 bits per heavy atom. The molecule has 2 aromatic carbocycles. The molecule has 0 aliphatic rings. The lowest BCUT2D eigenvalue weighted by atomic mass is 9.74. The summed E-state index contributed by atoms with van der Waals surface area (Å²) in [6.45, 7) is 1.87. The molecule has 4 heteroatoms. The van der Waals surface area contributed by atoms with Crippen molar-refractivity contribution >= 4 is 39.3 Å². The molecule has 2 N–H and O–H groups in total. The zero-order chi connectivity index (χ0) is 11.0. The minimum atomic E-state index is -1.43. The van der Waals surface area contributed by atoms with E-state index in [9.17, 15) is 10.0 Å². The van der Waals surface area contributed by atoms with Gasteiger partial charge in [-0.1, -0.05) is 40.2 Å². The number of fused-ring (bicyclic) bond motifs is 1. The predicted molar refractivity (Wildman–Crippen MR) is 66.2 cm³/mol. The van der Waals surface area contributed by atoms with Gasteiger partial charge < -0.3 is 10.0 Å². The van der Waals surface area contributed by atoms with Crippen molar-refractivity contribution in [2.45, 2.75) is 6.92 Å². The molecule has 0 aliphatic heterocycles. The Kier molecular flexibility index (Phi) is 2.82. The molecule has 0 fully saturated rings. The number of halogens is 1. The molecule has 0 radical (unpaired) electrons. The molecule has 0 amide bonds. The van der Waals surface area contributed by atoms with Gasteiger partial charge in [-0.3, -0.25) is 0 Å². The summed E-state index contributed by atoms with van der Waals surface area (Å²) in [5.74, 6) is 0. The van der Waals surface area contributed by atoms with Crippen molar-refractivity contribution in [3.05, 3.63) is 40.4 Å². The van der Waals surface area contributed by atoms with E-state index in [4.69, 9.17) is 0 Å². The lowest BCUT2D eigenvalue weighted by molar-refractivity contribution is 0.426. The summed E-state index contributed by atoms with van der Waals surface area (Å²) in [7, 11) is -1.43. The maximum atomic E-state index is 9.33. The molecular formula is C11H10BBrO2. The number of aryl methyl sites for hydroxylation is 1. The zero-order valence-corrected chi connectivity index (χ0v) is 9.82. The summed E-state index contributed by atoms with van der Waals surface area (Å²) in [5.41, 5.74) is 1.45. The van der Waals surface area contributed by atoms with Gasteiger partial charge in [0.15, 0.2) is 0 Å². The minimum absolute atomic E-state index is 0.578. The van der Waals surface area contributed by atoms with Crippen LogP contribution in [0.5, 0.6) is 0 Å². The number of hydrogen-bond donors (Lipinski definition) is 2. The summed E-state index contributed by atoms with van der Waals surface area (Å²) >= 11 is 3.47. The molecule has 0 spiro atoms. The predicted octanol–water partition coefficient (Wildman–Crippen LogP) is 1.59. The van der Waals surface area contributed by atoms with Gasteiger partial charge in [-0.2, -0.15) is 0 Å². The molecule has 0 unspecified atom stereocenters. The van der Waals surface area contributed by atoms with Crippen LogP contribution >= 0.6 is 15.9 Å². The van der Waals surface area contributed by atoms with Crippen LogP contribution in [0.1, 0.15) is 5.56 Å². The molecule has 76 valence electrons. The molecule has 2 nitrogen and oxygen atoms in total. The van der Waals surface area contributed by atoms with Gasteiger partial charge in [-0.15, -0.1) is 0 Å². The first-order chi connectivity index (χ1) is 7.11. The highest BCUT2D eigenvalue weighted by Gasteiger charge is 2.18. The Labute approximate surface area is 96.8 Å². The summed E-state index contributed by atoms with van der Waals surface area (Å²) in [5, 5.41) is 20.5. The van der Waals surface area contributed by atoms with Crippen LogP contribution in [-0.2, 0) is 0 Å². The highest BCUT2D eigenvalue weighted by molar-refractivity contribution is 9.10. The van der Waals surface area contributed by atoms with Gasteiger partial charge in [0.25, 0.3) is 0 Å². The van der Waals surface area contributed by atoms with Crippen LogP contribution in [-0.4, -0.2) is 17.2 Å². The van der Waals surface area contributed by atoms with Crippen molar-refractivity contribution in [3.63, 3.8) is 0 Å². The average Bonchev–Trinajstić information content (AvgIpc) is 2.17. The van der Waals surface area contributed by atoms with Crippen molar-refractivity contribution in [3.8, 4) is 0 Å². The molecule has 0 aliphatic carbocycles. The summed E-state index contributed by atoms with van der Waals surface area (Å²) in [6, 6.07) is 9.56. The van der Waals surface area contributed by atoms with E-state index in [1.54, 1.807) is 0 Å². The third kappa shape index (κ3) is 1.80. The van der Waals surface area contributed by atoms with Crippen LogP contribution in [0, 0.1) is 6.92 Å². The number of benzene rings is 2. The molecule has 0 heterocycles. The fraction of sp³-hybridized carbons (Fsp3) is 0.0909. The maximum Gasteiger partial charge on any atom is 0.489 e. The van der Waals surface area contributed by atoms with E-state index in [2.05, 4.69) is 15.9 Å². The van der Waals surface area contributed by atoms with Gasteiger partial charge in [0.2, 0.25) is 0 Å². The van der Waals surface area contributed by atoms with Gasteiger partial charge in [0, 0.05) is 4.47 Å². The Morgan fingerprint density at radius 3 is 2.33 bits per heavy atom. The van der Waals surface area contributed by atoms with E-state index in [1.807, 2.05) is 37.3 Å². The number of rotatable bonds is 1. The molecule has 0 saturated carbocycles. The van der Waals surface area contributed by atoms with Crippen molar-refractivity contribution in [2.75, 3.05) is 0 Å². The molecule has 0 saturated heterocycles. The first-order valence-corrected chi connectivity index (χ1v) is 5.44. The fourth-order valence-corrected chi connectivity index (χ4v) is 2.52. The van der Waals surface area contributed by atoms with E-state index in [-0.39, 0.29) is 0 Å². The van der Waals surface area contributed by atoms with Crippen LogP contribution in [0.25, 0.3) is 10.8 Å². The lowest BCUT2D eigenvalue weighted by Crippen LogP contribution is -2.32. The Hall–Kier alpha value is -0.835. The molecule has 2 rings (SSSR count). The highest BCUT2D eigenvalue weighted by atomic mass is 79.9. The van der Waals surface area contributed by atoms with Crippen molar-refractivity contribution in [2.24, 2.45) is 0 Å². The lowest BCUT2D eigenvalue weighted by Gasteiger charge is -2.10. The number of hydrogen-bond acceptors (Lipinski definition) is 2. The topological polar surface area (TPSA) is 40.5 Å².